The number of rotatable bonds is 5. The quantitative estimate of drug-likeness (QED) is 0.840. The van der Waals surface area contributed by atoms with Gasteiger partial charge in [-0.05, 0) is 31.5 Å². The molecule has 20 heavy (non-hydrogen) atoms. The Kier molecular flexibility index (Phi) is 6.75. The first-order chi connectivity index (χ1) is 9.63. The molecule has 108 valence electrons. The summed E-state index contributed by atoms with van der Waals surface area (Å²) in [5.74, 6) is 4.50. The summed E-state index contributed by atoms with van der Waals surface area (Å²) in [4.78, 5) is 14.1. The van der Waals surface area contributed by atoms with Crippen LogP contribution < -0.4 is 0 Å². The van der Waals surface area contributed by atoms with Crippen LogP contribution in [0.5, 0.6) is 0 Å². The van der Waals surface area contributed by atoms with Gasteiger partial charge < -0.3 is 10.0 Å². The van der Waals surface area contributed by atoms with Crippen LogP contribution in [0.15, 0.2) is 18.2 Å². The van der Waals surface area contributed by atoms with Gasteiger partial charge in [-0.1, -0.05) is 25.2 Å². The van der Waals surface area contributed by atoms with Crippen LogP contribution in [0.25, 0.3) is 0 Å². The lowest BCUT2D eigenvalue weighted by molar-refractivity contribution is 0.0761. The van der Waals surface area contributed by atoms with Gasteiger partial charge in [-0.3, -0.25) is 4.79 Å². The van der Waals surface area contributed by atoms with Crippen LogP contribution in [0.3, 0.4) is 0 Å². The van der Waals surface area contributed by atoms with Gasteiger partial charge in [-0.2, -0.15) is 0 Å². The lowest BCUT2D eigenvalue weighted by Gasteiger charge is -2.21. The summed E-state index contributed by atoms with van der Waals surface area (Å²) < 4.78 is 13.4. The maximum atomic E-state index is 13.4. The van der Waals surface area contributed by atoms with E-state index in [-0.39, 0.29) is 18.1 Å². The van der Waals surface area contributed by atoms with Crippen molar-refractivity contribution in [1.82, 2.24) is 4.90 Å². The molecular weight excluding hydrogens is 257 g/mol. The van der Waals surface area contributed by atoms with Gasteiger partial charge in [0, 0.05) is 18.7 Å². The number of aliphatic hydroxyl groups is 1. The number of hydrogen-bond donors (Lipinski definition) is 1. The Morgan fingerprint density at radius 2 is 2.15 bits per heavy atom. The number of nitrogens with zero attached hydrogens (tertiary/aromatic N) is 1. The lowest BCUT2D eigenvalue weighted by Crippen LogP contribution is -2.32. The van der Waals surface area contributed by atoms with E-state index in [1.165, 1.54) is 18.2 Å². The first-order valence-electron chi connectivity index (χ1n) is 6.82. The van der Waals surface area contributed by atoms with Crippen molar-refractivity contribution in [3.8, 4) is 11.8 Å². The highest BCUT2D eigenvalue weighted by molar-refractivity contribution is 5.96. The number of hydrogen-bond acceptors (Lipinski definition) is 2. The zero-order chi connectivity index (χ0) is 15.0. The van der Waals surface area contributed by atoms with Crippen molar-refractivity contribution in [2.45, 2.75) is 26.7 Å². The van der Waals surface area contributed by atoms with Crippen molar-refractivity contribution >= 4 is 5.91 Å². The van der Waals surface area contributed by atoms with Gasteiger partial charge in [0.2, 0.25) is 0 Å². The minimum atomic E-state index is -0.463. The van der Waals surface area contributed by atoms with Gasteiger partial charge >= 0.3 is 0 Å². The van der Waals surface area contributed by atoms with Crippen LogP contribution >= 0.6 is 0 Å². The van der Waals surface area contributed by atoms with Crippen LogP contribution in [0, 0.1) is 17.7 Å². The summed E-state index contributed by atoms with van der Waals surface area (Å²) >= 11 is 0. The summed E-state index contributed by atoms with van der Waals surface area (Å²) in [6.45, 7) is 4.88. The molecule has 0 saturated carbocycles. The minimum absolute atomic E-state index is 0.220. The molecule has 0 aliphatic carbocycles. The van der Waals surface area contributed by atoms with E-state index >= 15 is 0 Å². The van der Waals surface area contributed by atoms with Gasteiger partial charge in [0.1, 0.15) is 12.4 Å². The molecule has 1 amide bonds. The van der Waals surface area contributed by atoms with E-state index in [9.17, 15) is 9.18 Å². The van der Waals surface area contributed by atoms with Crippen molar-refractivity contribution in [3.05, 3.63) is 35.1 Å². The van der Waals surface area contributed by atoms with Crippen molar-refractivity contribution in [2.24, 2.45) is 0 Å². The molecule has 0 aliphatic rings. The summed E-state index contributed by atoms with van der Waals surface area (Å²) in [5.41, 5.74) is 0.698. The molecule has 0 aliphatic heterocycles. The highest BCUT2D eigenvalue weighted by Gasteiger charge is 2.17. The van der Waals surface area contributed by atoms with Gasteiger partial charge in [0.25, 0.3) is 5.91 Å². The van der Waals surface area contributed by atoms with Gasteiger partial charge in [0.15, 0.2) is 0 Å². The second kappa shape index (κ2) is 8.34. The number of carbonyl (C=O) groups is 1. The van der Waals surface area contributed by atoms with Crippen molar-refractivity contribution in [1.29, 1.82) is 0 Å². The predicted molar refractivity (Wildman–Crippen MR) is 76.8 cm³/mol. The SMILES string of the molecule is CCCCN(CC)C(=O)c1cc(F)ccc1C#CCO. The fourth-order valence-corrected chi connectivity index (χ4v) is 1.86. The van der Waals surface area contributed by atoms with E-state index < -0.39 is 5.82 Å². The standard InChI is InChI=1S/C16H20FNO2/c1-3-5-10-18(4-2)16(20)15-12-14(17)9-8-13(15)7-6-11-19/h8-9,12,19H,3-5,10-11H2,1-2H3. The maximum Gasteiger partial charge on any atom is 0.255 e. The van der Waals surface area contributed by atoms with Crippen LogP contribution in [-0.4, -0.2) is 35.6 Å². The Bertz CT molecular complexity index is 517. The average molecular weight is 277 g/mol. The Hall–Kier alpha value is -1.86. The van der Waals surface area contributed by atoms with Crippen LogP contribution in [0.2, 0.25) is 0 Å². The van der Waals surface area contributed by atoms with Crippen LogP contribution in [0.1, 0.15) is 42.6 Å². The molecule has 1 aromatic rings. The fourth-order valence-electron chi connectivity index (χ4n) is 1.86. The lowest BCUT2D eigenvalue weighted by atomic mass is 10.1. The zero-order valence-corrected chi connectivity index (χ0v) is 11.9. The average Bonchev–Trinajstić information content (AvgIpc) is 2.46. The largest absolute Gasteiger partial charge is 0.384 e. The normalized spacial score (nSPS) is 9.80. The Morgan fingerprint density at radius 1 is 1.40 bits per heavy atom. The number of halogens is 1. The molecule has 0 bridgehead atoms. The molecule has 0 atom stereocenters. The van der Waals surface area contributed by atoms with Crippen molar-refractivity contribution in [2.75, 3.05) is 19.7 Å². The third-order valence-corrected chi connectivity index (χ3v) is 2.96. The smallest absolute Gasteiger partial charge is 0.255 e. The van der Waals surface area contributed by atoms with E-state index in [0.717, 1.165) is 12.8 Å². The summed E-state index contributed by atoms with van der Waals surface area (Å²) in [7, 11) is 0. The molecule has 0 fully saturated rings. The predicted octanol–water partition coefficient (Wildman–Crippen LogP) is 2.43. The van der Waals surface area contributed by atoms with E-state index in [1.54, 1.807) is 4.90 Å². The Morgan fingerprint density at radius 3 is 2.75 bits per heavy atom. The molecule has 1 N–H and O–H groups in total. The highest BCUT2D eigenvalue weighted by atomic mass is 19.1. The number of carbonyl (C=O) groups excluding carboxylic acids is 1. The second-order valence-electron chi connectivity index (χ2n) is 4.39. The van der Waals surface area contributed by atoms with E-state index in [4.69, 9.17) is 5.11 Å². The number of unbranched alkanes of at least 4 members (excludes halogenated alkanes) is 1. The van der Waals surface area contributed by atoms with E-state index in [0.29, 0.717) is 18.7 Å². The summed E-state index contributed by atoms with van der Waals surface area (Å²) in [6, 6.07) is 3.94. The summed E-state index contributed by atoms with van der Waals surface area (Å²) in [5, 5.41) is 8.74. The third-order valence-electron chi connectivity index (χ3n) is 2.96. The molecule has 4 heteroatoms. The second-order valence-corrected chi connectivity index (χ2v) is 4.39. The molecule has 1 rings (SSSR count). The Labute approximate surface area is 119 Å². The van der Waals surface area contributed by atoms with Crippen LogP contribution in [0.4, 0.5) is 4.39 Å². The van der Waals surface area contributed by atoms with E-state index in [2.05, 4.69) is 18.8 Å². The summed E-state index contributed by atoms with van der Waals surface area (Å²) in [6.07, 6.45) is 1.90. The minimum Gasteiger partial charge on any atom is -0.384 e. The third kappa shape index (κ3) is 4.36. The molecule has 0 unspecified atom stereocenters. The first kappa shape index (κ1) is 16.2. The van der Waals surface area contributed by atoms with Crippen molar-refractivity contribution in [3.63, 3.8) is 0 Å². The number of benzene rings is 1. The first-order valence-corrected chi connectivity index (χ1v) is 6.82. The van der Waals surface area contributed by atoms with Gasteiger partial charge in [-0.25, -0.2) is 4.39 Å². The fraction of sp³-hybridized carbons (Fsp3) is 0.438. The number of aliphatic hydroxyl groups excluding tert-OH is 1. The van der Waals surface area contributed by atoms with Gasteiger partial charge in [-0.15, -0.1) is 0 Å². The number of amides is 1. The molecule has 0 aromatic heterocycles. The zero-order valence-electron chi connectivity index (χ0n) is 11.9. The molecule has 0 spiro atoms. The topological polar surface area (TPSA) is 40.5 Å². The maximum absolute atomic E-state index is 13.4. The molecule has 0 saturated heterocycles. The Balaban J connectivity index is 3.08. The van der Waals surface area contributed by atoms with Gasteiger partial charge in [0.05, 0.1) is 5.56 Å². The van der Waals surface area contributed by atoms with Crippen LogP contribution in [-0.2, 0) is 0 Å². The van der Waals surface area contributed by atoms with E-state index in [1.807, 2.05) is 6.92 Å². The molecule has 3 nitrogen and oxygen atoms in total. The van der Waals surface area contributed by atoms with Crippen molar-refractivity contribution < 1.29 is 14.3 Å². The monoisotopic (exact) mass is 277 g/mol. The molecular formula is C16H20FNO2. The molecule has 0 heterocycles. The highest BCUT2D eigenvalue weighted by Crippen LogP contribution is 2.14. The molecule has 1 aromatic carbocycles. The molecule has 0 radical (unpaired) electrons.